The molecule has 0 saturated carbocycles. The molecule has 0 aliphatic heterocycles. The van der Waals surface area contributed by atoms with E-state index >= 15 is 0 Å². The van der Waals surface area contributed by atoms with E-state index in [1.165, 1.54) is 0 Å². The van der Waals surface area contributed by atoms with Crippen LogP contribution in [-0.2, 0) is 9.63 Å². The van der Waals surface area contributed by atoms with Crippen LogP contribution in [0.1, 0.15) is 13.8 Å². The zero-order chi connectivity index (χ0) is 7.98. The van der Waals surface area contributed by atoms with Gasteiger partial charge in [0.05, 0.1) is 0 Å². The SMILES string of the molecule is CC=C(C)C(=O)ON=C=N. The summed E-state index contributed by atoms with van der Waals surface area (Å²) in [6, 6.07) is 1.58. The number of rotatable bonds is 2. The van der Waals surface area contributed by atoms with E-state index in [0.717, 1.165) is 0 Å². The maximum Gasteiger partial charge on any atom is 0.362 e. The summed E-state index contributed by atoms with van der Waals surface area (Å²) in [5.74, 6) is -0.553. The van der Waals surface area contributed by atoms with Crippen LogP contribution in [0.4, 0.5) is 0 Å². The normalized spacial score (nSPS) is 10.0. The molecule has 0 fully saturated rings. The van der Waals surface area contributed by atoms with Crippen LogP contribution in [0.5, 0.6) is 0 Å². The molecule has 4 heteroatoms. The Kier molecular flexibility index (Phi) is 3.84. The number of nitrogens with zero attached hydrogens (tertiary/aromatic N) is 1. The Morgan fingerprint density at radius 3 is 2.80 bits per heavy atom. The first-order chi connectivity index (χ1) is 4.72. The molecule has 0 radical (unpaired) electrons. The highest BCUT2D eigenvalue weighted by Gasteiger charge is 2.01. The monoisotopic (exact) mass is 140 g/mol. The fraction of sp³-hybridized carbons (Fsp3) is 0.333. The standard InChI is InChI=1S/C6H8N2O2/c1-3-5(2)6(9)10-8-4-7/h3,7H,1-2H3. The van der Waals surface area contributed by atoms with Crippen molar-refractivity contribution >= 4 is 12.0 Å². The summed E-state index contributed by atoms with van der Waals surface area (Å²) in [4.78, 5) is 14.8. The Morgan fingerprint density at radius 1 is 1.80 bits per heavy atom. The van der Waals surface area contributed by atoms with Gasteiger partial charge in [-0.3, -0.25) is 0 Å². The average Bonchev–Trinajstić information content (AvgIpc) is 1.98. The van der Waals surface area contributed by atoms with Crippen molar-refractivity contribution in [2.75, 3.05) is 0 Å². The molecule has 0 amide bonds. The minimum atomic E-state index is -0.553. The molecule has 0 aliphatic rings. The van der Waals surface area contributed by atoms with Gasteiger partial charge < -0.3 is 4.84 Å². The van der Waals surface area contributed by atoms with Gasteiger partial charge in [0.2, 0.25) is 0 Å². The lowest BCUT2D eigenvalue weighted by Gasteiger charge is -1.91. The van der Waals surface area contributed by atoms with Gasteiger partial charge in [0.25, 0.3) is 0 Å². The number of nitrogens with one attached hydrogen (secondary N) is 1. The lowest BCUT2D eigenvalue weighted by molar-refractivity contribution is -0.138. The third kappa shape index (κ3) is 2.79. The molecule has 1 N–H and O–H groups in total. The van der Waals surface area contributed by atoms with Crippen LogP contribution in [0.15, 0.2) is 16.8 Å². The van der Waals surface area contributed by atoms with Crippen LogP contribution in [0.3, 0.4) is 0 Å². The van der Waals surface area contributed by atoms with Gasteiger partial charge in [0, 0.05) is 5.57 Å². The van der Waals surface area contributed by atoms with Crippen molar-refractivity contribution in [3.63, 3.8) is 0 Å². The lowest BCUT2D eigenvalue weighted by atomic mass is 10.3. The first-order valence-electron chi connectivity index (χ1n) is 2.68. The quantitative estimate of drug-likeness (QED) is 0.271. The lowest BCUT2D eigenvalue weighted by Crippen LogP contribution is -1.99. The van der Waals surface area contributed by atoms with Crippen LogP contribution in [0.2, 0.25) is 0 Å². The molecule has 0 aromatic heterocycles. The molecule has 0 spiro atoms. The van der Waals surface area contributed by atoms with E-state index in [-0.39, 0.29) is 0 Å². The first-order valence-corrected chi connectivity index (χ1v) is 2.68. The average molecular weight is 140 g/mol. The predicted octanol–water partition coefficient (Wildman–Crippen LogP) is 1.16. The Hall–Kier alpha value is -1.41. The Morgan fingerprint density at radius 2 is 2.40 bits per heavy atom. The second-order valence-electron chi connectivity index (χ2n) is 1.55. The summed E-state index contributed by atoms with van der Waals surface area (Å²) < 4.78 is 0. The maximum atomic E-state index is 10.6. The minimum Gasteiger partial charge on any atom is -0.303 e. The van der Waals surface area contributed by atoms with Crippen LogP contribution in [-0.4, -0.2) is 12.0 Å². The molecule has 0 saturated heterocycles. The largest absolute Gasteiger partial charge is 0.362 e. The van der Waals surface area contributed by atoms with Gasteiger partial charge in [-0.25, -0.2) is 10.2 Å². The highest BCUT2D eigenvalue weighted by atomic mass is 16.7. The molecule has 0 heterocycles. The number of carbonyl (C=O) groups excluding carboxylic acids is 1. The number of allylic oxidation sites excluding steroid dienone is 1. The van der Waals surface area contributed by atoms with Crippen molar-refractivity contribution in [3.05, 3.63) is 11.6 Å². The third-order valence-electron chi connectivity index (χ3n) is 0.929. The highest BCUT2D eigenvalue weighted by Crippen LogP contribution is 1.94. The Bertz CT molecular complexity index is 202. The van der Waals surface area contributed by atoms with Crippen LogP contribution in [0, 0.1) is 5.41 Å². The summed E-state index contributed by atoms with van der Waals surface area (Å²) in [6.07, 6.45) is 1.60. The van der Waals surface area contributed by atoms with Crippen molar-refractivity contribution in [1.29, 1.82) is 5.41 Å². The van der Waals surface area contributed by atoms with Crippen molar-refractivity contribution in [2.45, 2.75) is 13.8 Å². The van der Waals surface area contributed by atoms with Gasteiger partial charge in [0.1, 0.15) is 6.01 Å². The first kappa shape index (κ1) is 8.59. The molecule has 0 bridgehead atoms. The van der Waals surface area contributed by atoms with E-state index in [0.29, 0.717) is 5.57 Å². The summed E-state index contributed by atoms with van der Waals surface area (Å²) in [5.41, 5.74) is 0.457. The molecular weight excluding hydrogens is 132 g/mol. The molecule has 10 heavy (non-hydrogen) atoms. The van der Waals surface area contributed by atoms with E-state index < -0.39 is 5.97 Å². The van der Waals surface area contributed by atoms with Crippen LogP contribution >= 0.6 is 0 Å². The zero-order valence-electron chi connectivity index (χ0n) is 5.84. The summed E-state index contributed by atoms with van der Waals surface area (Å²) in [5, 5.41) is 9.15. The second-order valence-corrected chi connectivity index (χ2v) is 1.55. The van der Waals surface area contributed by atoms with Gasteiger partial charge in [-0.15, -0.1) is 0 Å². The van der Waals surface area contributed by atoms with Gasteiger partial charge >= 0.3 is 5.97 Å². The van der Waals surface area contributed by atoms with Crippen LogP contribution in [0.25, 0.3) is 0 Å². The highest BCUT2D eigenvalue weighted by molar-refractivity contribution is 5.87. The molecule has 0 unspecified atom stereocenters. The van der Waals surface area contributed by atoms with Crippen molar-refractivity contribution in [3.8, 4) is 0 Å². The molecule has 0 aromatic carbocycles. The molecule has 0 rings (SSSR count). The van der Waals surface area contributed by atoms with Gasteiger partial charge in [0.15, 0.2) is 0 Å². The van der Waals surface area contributed by atoms with Crippen molar-refractivity contribution in [1.82, 2.24) is 0 Å². The summed E-state index contributed by atoms with van der Waals surface area (Å²) >= 11 is 0. The van der Waals surface area contributed by atoms with E-state index in [1.54, 1.807) is 25.9 Å². The molecule has 4 nitrogen and oxygen atoms in total. The molecule has 0 aromatic rings. The van der Waals surface area contributed by atoms with Gasteiger partial charge in [-0.05, 0) is 19.0 Å². The van der Waals surface area contributed by atoms with Crippen molar-refractivity contribution < 1.29 is 9.63 Å². The number of hydrogen-bond donors (Lipinski definition) is 1. The number of carbonyl (C=O) groups is 1. The minimum absolute atomic E-state index is 0.457. The molecule has 0 atom stereocenters. The summed E-state index contributed by atoms with van der Waals surface area (Å²) in [6.45, 7) is 3.31. The predicted molar refractivity (Wildman–Crippen MR) is 35.7 cm³/mol. The summed E-state index contributed by atoms with van der Waals surface area (Å²) in [7, 11) is 0. The smallest absolute Gasteiger partial charge is 0.303 e. The maximum absolute atomic E-state index is 10.6. The van der Waals surface area contributed by atoms with Crippen LogP contribution < -0.4 is 0 Å². The molecule has 54 valence electrons. The zero-order valence-corrected chi connectivity index (χ0v) is 5.84. The second kappa shape index (κ2) is 4.47. The third-order valence-corrected chi connectivity index (χ3v) is 0.929. The van der Waals surface area contributed by atoms with Gasteiger partial charge in [-0.2, -0.15) is 0 Å². The topological polar surface area (TPSA) is 62.5 Å². The molecular formula is C6H8N2O2. The molecule has 0 aliphatic carbocycles. The van der Waals surface area contributed by atoms with Crippen molar-refractivity contribution in [2.24, 2.45) is 5.16 Å². The fourth-order valence-electron chi connectivity index (χ4n) is 0.254. The Labute approximate surface area is 58.7 Å². The number of hydrogen-bond acceptors (Lipinski definition) is 4. The fourth-order valence-corrected chi connectivity index (χ4v) is 0.254. The van der Waals surface area contributed by atoms with E-state index in [1.807, 2.05) is 0 Å². The van der Waals surface area contributed by atoms with E-state index in [9.17, 15) is 4.79 Å². The Balaban J connectivity index is 3.98. The van der Waals surface area contributed by atoms with E-state index in [4.69, 9.17) is 5.41 Å². The van der Waals surface area contributed by atoms with Gasteiger partial charge in [-0.1, -0.05) is 6.08 Å². The van der Waals surface area contributed by atoms with E-state index in [2.05, 4.69) is 9.99 Å².